The van der Waals surface area contributed by atoms with E-state index in [1.54, 1.807) is 37.4 Å². The number of halogens is 1. The van der Waals surface area contributed by atoms with Gasteiger partial charge in [-0.05, 0) is 42.3 Å². The molecule has 0 radical (unpaired) electrons. The Bertz CT molecular complexity index is 840. The maximum absolute atomic E-state index is 13.5. The summed E-state index contributed by atoms with van der Waals surface area (Å²) < 4.78 is 24.4. The molecule has 0 fully saturated rings. The van der Waals surface area contributed by atoms with Crippen LogP contribution in [-0.2, 0) is 16.0 Å². The molecule has 2 aromatic carbocycles. The number of aryl methyl sites for hydroxylation is 1. The van der Waals surface area contributed by atoms with Crippen molar-refractivity contribution >= 4 is 17.5 Å². The van der Waals surface area contributed by atoms with E-state index in [2.05, 4.69) is 5.32 Å². The number of carbonyl (C=O) groups excluding carboxylic acids is 2. The summed E-state index contributed by atoms with van der Waals surface area (Å²) in [6.45, 7) is 0.385. The van der Waals surface area contributed by atoms with Crippen molar-refractivity contribution in [3.63, 3.8) is 0 Å². The maximum atomic E-state index is 13.5. The number of hydrogen-bond acceptors (Lipinski definition) is 4. The number of carbonyl (C=O) groups is 2. The molecule has 7 heteroatoms. The summed E-state index contributed by atoms with van der Waals surface area (Å²) in [5.41, 5.74) is 1.78. The first-order valence-corrected chi connectivity index (χ1v) is 8.70. The lowest BCUT2D eigenvalue weighted by atomic mass is 10.0. The quantitative estimate of drug-likeness (QED) is 0.811. The second-order valence-corrected chi connectivity index (χ2v) is 6.25. The van der Waals surface area contributed by atoms with Crippen LogP contribution in [-0.4, -0.2) is 43.5 Å². The first kappa shape index (κ1) is 18.7. The topological polar surface area (TPSA) is 67.9 Å². The summed E-state index contributed by atoms with van der Waals surface area (Å²) in [4.78, 5) is 25.0. The maximum Gasteiger partial charge on any atom is 0.260 e. The first-order valence-electron chi connectivity index (χ1n) is 8.70. The van der Waals surface area contributed by atoms with Crippen LogP contribution < -0.4 is 14.8 Å². The molecule has 0 bridgehead atoms. The highest BCUT2D eigenvalue weighted by molar-refractivity contribution is 5.94. The molecule has 27 heavy (non-hydrogen) atoms. The zero-order valence-electron chi connectivity index (χ0n) is 15.0. The molecule has 1 heterocycles. The second kappa shape index (κ2) is 8.53. The van der Waals surface area contributed by atoms with Gasteiger partial charge in [0, 0.05) is 19.2 Å². The molecular formula is C20H21FN2O4. The van der Waals surface area contributed by atoms with E-state index in [0.717, 1.165) is 11.3 Å². The number of nitrogens with zero attached hydrogens (tertiary/aromatic N) is 1. The summed E-state index contributed by atoms with van der Waals surface area (Å²) in [7, 11) is 1.64. The fourth-order valence-corrected chi connectivity index (χ4v) is 2.68. The number of amides is 2. The zero-order valence-corrected chi connectivity index (χ0v) is 15.0. The second-order valence-electron chi connectivity index (χ2n) is 6.25. The van der Waals surface area contributed by atoms with Gasteiger partial charge in [0.2, 0.25) is 5.91 Å². The van der Waals surface area contributed by atoms with Gasteiger partial charge in [-0.1, -0.05) is 12.1 Å². The van der Waals surface area contributed by atoms with E-state index in [1.165, 1.54) is 11.0 Å². The van der Waals surface area contributed by atoms with Crippen LogP contribution >= 0.6 is 0 Å². The van der Waals surface area contributed by atoms with E-state index < -0.39 is 5.82 Å². The molecule has 1 aliphatic rings. The molecule has 0 aromatic heterocycles. The number of para-hydroxylation sites is 1. The van der Waals surface area contributed by atoms with Crippen molar-refractivity contribution < 1.29 is 23.5 Å². The standard InChI is InChI=1S/C20H21FN2O4/c1-23(10-11-26-18-5-3-2-4-16(18)21)20(25)13-27-15-7-8-17-14(12-15)6-9-19(24)22-17/h2-5,7-8,12H,6,9-11,13H2,1H3,(H,22,24). The van der Waals surface area contributed by atoms with Crippen LogP contribution in [0.3, 0.4) is 0 Å². The number of ether oxygens (including phenoxy) is 2. The largest absolute Gasteiger partial charge is 0.489 e. The van der Waals surface area contributed by atoms with Crippen LogP contribution in [0, 0.1) is 5.82 Å². The van der Waals surface area contributed by atoms with E-state index >= 15 is 0 Å². The number of fused-ring (bicyclic) bond motifs is 1. The number of benzene rings is 2. The van der Waals surface area contributed by atoms with Crippen molar-refractivity contribution in [2.45, 2.75) is 12.8 Å². The van der Waals surface area contributed by atoms with Crippen molar-refractivity contribution in [2.24, 2.45) is 0 Å². The Morgan fingerprint density at radius 2 is 2.00 bits per heavy atom. The van der Waals surface area contributed by atoms with Gasteiger partial charge in [-0.2, -0.15) is 0 Å². The Balaban J connectivity index is 1.45. The average molecular weight is 372 g/mol. The molecule has 0 saturated heterocycles. The summed E-state index contributed by atoms with van der Waals surface area (Å²) in [5.74, 6) is 0.104. The van der Waals surface area contributed by atoms with E-state index in [9.17, 15) is 14.0 Å². The van der Waals surface area contributed by atoms with E-state index in [1.807, 2.05) is 6.07 Å². The van der Waals surface area contributed by atoms with Crippen LogP contribution in [0.5, 0.6) is 11.5 Å². The minimum atomic E-state index is -0.432. The van der Waals surface area contributed by atoms with Crippen LogP contribution in [0.15, 0.2) is 42.5 Å². The number of rotatable bonds is 7. The molecule has 1 N–H and O–H groups in total. The van der Waals surface area contributed by atoms with Crippen LogP contribution in [0.4, 0.5) is 10.1 Å². The minimum absolute atomic E-state index is 0.00516. The first-order chi connectivity index (χ1) is 13.0. The van der Waals surface area contributed by atoms with Gasteiger partial charge in [0.25, 0.3) is 5.91 Å². The number of hydrogen-bond donors (Lipinski definition) is 1. The predicted octanol–water partition coefficient (Wildman–Crippen LogP) is 2.63. The SMILES string of the molecule is CN(CCOc1ccccc1F)C(=O)COc1ccc2c(c1)CCC(=O)N2. The number of anilines is 1. The predicted molar refractivity (Wildman–Crippen MR) is 98.4 cm³/mol. The Morgan fingerprint density at radius 3 is 2.81 bits per heavy atom. The fraction of sp³-hybridized carbons (Fsp3) is 0.300. The Morgan fingerprint density at radius 1 is 1.19 bits per heavy atom. The molecule has 3 rings (SSSR count). The third kappa shape index (κ3) is 4.97. The number of nitrogens with one attached hydrogen (secondary N) is 1. The Labute approximate surface area is 156 Å². The van der Waals surface area contributed by atoms with Gasteiger partial charge in [0.05, 0.1) is 6.54 Å². The molecule has 6 nitrogen and oxygen atoms in total. The van der Waals surface area contributed by atoms with Gasteiger partial charge in [-0.15, -0.1) is 0 Å². The van der Waals surface area contributed by atoms with Crippen molar-refractivity contribution in [1.82, 2.24) is 4.90 Å². The molecular weight excluding hydrogens is 351 g/mol. The third-order valence-corrected chi connectivity index (χ3v) is 4.28. The van der Waals surface area contributed by atoms with Crippen molar-refractivity contribution in [3.8, 4) is 11.5 Å². The summed E-state index contributed by atoms with van der Waals surface area (Å²) in [6, 6.07) is 11.5. The molecule has 2 aromatic rings. The molecule has 2 amide bonds. The summed E-state index contributed by atoms with van der Waals surface area (Å²) >= 11 is 0. The van der Waals surface area contributed by atoms with Crippen LogP contribution in [0.1, 0.15) is 12.0 Å². The lowest BCUT2D eigenvalue weighted by molar-refractivity contribution is -0.132. The van der Waals surface area contributed by atoms with Crippen molar-refractivity contribution in [2.75, 3.05) is 32.1 Å². The normalized spacial score (nSPS) is 12.7. The summed E-state index contributed by atoms with van der Waals surface area (Å²) in [5, 5.41) is 2.80. The average Bonchev–Trinajstić information content (AvgIpc) is 2.67. The van der Waals surface area contributed by atoms with E-state index in [-0.39, 0.29) is 30.8 Å². The highest BCUT2D eigenvalue weighted by Gasteiger charge is 2.16. The van der Waals surface area contributed by atoms with Crippen molar-refractivity contribution in [3.05, 3.63) is 53.8 Å². The van der Waals surface area contributed by atoms with Gasteiger partial charge >= 0.3 is 0 Å². The van der Waals surface area contributed by atoms with Gasteiger partial charge in [-0.25, -0.2) is 4.39 Å². The molecule has 0 aliphatic carbocycles. The van der Waals surface area contributed by atoms with Crippen LogP contribution in [0.25, 0.3) is 0 Å². The molecule has 0 atom stereocenters. The minimum Gasteiger partial charge on any atom is -0.489 e. The molecule has 0 unspecified atom stereocenters. The monoisotopic (exact) mass is 372 g/mol. The lowest BCUT2D eigenvalue weighted by Gasteiger charge is -2.19. The highest BCUT2D eigenvalue weighted by atomic mass is 19.1. The van der Waals surface area contributed by atoms with Crippen LogP contribution in [0.2, 0.25) is 0 Å². The lowest BCUT2D eigenvalue weighted by Crippen LogP contribution is -2.34. The van der Waals surface area contributed by atoms with Crippen molar-refractivity contribution in [1.29, 1.82) is 0 Å². The summed E-state index contributed by atoms with van der Waals surface area (Å²) in [6.07, 6.45) is 1.10. The van der Waals surface area contributed by atoms with Gasteiger partial charge in [0.1, 0.15) is 12.4 Å². The third-order valence-electron chi connectivity index (χ3n) is 4.28. The molecule has 142 valence electrons. The highest BCUT2D eigenvalue weighted by Crippen LogP contribution is 2.26. The zero-order chi connectivity index (χ0) is 19.2. The van der Waals surface area contributed by atoms with Gasteiger partial charge in [-0.3, -0.25) is 9.59 Å². The molecule has 1 aliphatic heterocycles. The Hall–Kier alpha value is -3.09. The number of likely N-dealkylation sites (N-methyl/N-ethyl adjacent to an activating group) is 1. The fourth-order valence-electron chi connectivity index (χ4n) is 2.68. The molecule has 0 spiro atoms. The molecule has 0 saturated carbocycles. The van der Waals surface area contributed by atoms with Gasteiger partial charge < -0.3 is 19.7 Å². The van der Waals surface area contributed by atoms with E-state index in [4.69, 9.17) is 9.47 Å². The van der Waals surface area contributed by atoms with Gasteiger partial charge in [0.15, 0.2) is 18.2 Å². The Kier molecular flexibility index (Phi) is 5.90. The van der Waals surface area contributed by atoms with E-state index in [0.29, 0.717) is 25.1 Å². The smallest absolute Gasteiger partial charge is 0.260 e.